The molecule has 3 heterocycles. The van der Waals surface area contributed by atoms with Crippen LogP contribution in [0.3, 0.4) is 0 Å². The van der Waals surface area contributed by atoms with Crippen LogP contribution in [0.5, 0.6) is 34.5 Å². The van der Waals surface area contributed by atoms with Crippen LogP contribution in [0, 0.1) is 0 Å². The van der Waals surface area contributed by atoms with Crippen LogP contribution >= 0.6 is 7.82 Å². The average Bonchev–Trinajstić information content (AvgIpc) is 2.87. The molecule has 3 aromatic carbocycles. The summed E-state index contributed by atoms with van der Waals surface area (Å²) >= 11 is 0. The van der Waals surface area contributed by atoms with Crippen molar-refractivity contribution in [2.24, 2.45) is 0 Å². The van der Waals surface area contributed by atoms with E-state index < -0.39 is 7.82 Å². The number of fused-ring (bicyclic) bond motifs is 3. The fourth-order valence-electron chi connectivity index (χ4n) is 4.62. The van der Waals surface area contributed by atoms with Gasteiger partial charge in [-0.3, -0.25) is 14.7 Å². The summed E-state index contributed by atoms with van der Waals surface area (Å²) in [6.45, 7) is 3.55. The highest BCUT2D eigenvalue weighted by Crippen LogP contribution is 2.51. The van der Waals surface area contributed by atoms with E-state index in [1.54, 1.807) is 54.6 Å². The maximum atomic E-state index is 14.2. The lowest BCUT2D eigenvalue weighted by Crippen LogP contribution is -2.28. The van der Waals surface area contributed by atoms with Crippen molar-refractivity contribution in [2.45, 2.75) is 19.6 Å². The van der Waals surface area contributed by atoms with E-state index in [1.807, 2.05) is 35.8 Å². The minimum atomic E-state index is -4.20. The normalized spacial score (nSPS) is 17.7. The lowest BCUT2D eigenvalue weighted by molar-refractivity contribution is 0.121. The Morgan fingerprint density at radius 2 is 0.895 bits per heavy atom. The Hall–Kier alpha value is -3.43. The van der Waals surface area contributed by atoms with Crippen molar-refractivity contribution in [1.29, 1.82) is 0 Å². The summed E-state index contributed by atoms with van der Waals surface area (Å²) in [5.41, 5.74) is 2.77. The molecule has 3 aliphatic heterocycles. The average molecular weight is 540 g/mol. The predicted octanol–water partition coefficient (Wildman–Crippen LogP) is 4.68. The Labute approximate surface area is 221 Å². The Kier molecular flexibility index (Phi) is 6.57. The van der Waals surface area contributed by atoms with Crippen LogP contribution in [0.2, 0.25) is 0 Å². The van der Waals surface area contributed by atoms with Gasteiger partial charge in [0.05, 0.1) is 0 Å². The summed E-state index contributed by atoms with van der Waals surface area (Å²) in [6, 6.07) is 15.9. The van der Waals surface area contributed by atoms with Crippen LogP contribution in [0.4, 0.5) is 0 Å². The molecule has 38 heavy (non-hydrogen) atoms. The first-order valence-corrected chi connectivity index (χ1v) is 13.8. The summed E-state index contributed by atoms with van der Waals surface area (Å²) in [6.07, 6.45) is 0. The Morgan fingerprint density at radius 1 is 0.579 bits per heavy atom. The highest BCUT2D eigenvalue weighted by Gasteiger charge is 2.35. The van der Waals surface area contributed by atoms with Crippen LogP contribution < -0.4 is 27.8 Å². The molecule has 200 valence electrons. The zero-order chi connectivity index (χ0) is 26.3. The SMILES string of the molecule is CN1COc2ccc(OP(=O)(Oc3ccc4c(c3)CN(C)CO4)Oc3ccc4c(c3)CN(C)CO4)cc2C1. The minimum absolute atomic E-state index is 0.355. The molecule has 6 rings (SSSR count). The van der Waals surface area contributed by atoms with Gasteiger partial charge in [0.25, 0.3) is 0 Å². The number of phosphoric acid groups is 1. The van der Waals surface area contributed by atoms with Gasteiger partial charge in [-0.15, -0.1) is 0 Å². The second kappa shape index (κ2) is 10.0. The van der Waals surface area contributed by atoms with E-state index in [2.05, 4.69) is 0 Å². The van der Waals surface area contributed by atoms with Crippen molar-refractivity contribution in [1.82, 2.24) is 14.7 Å². The lowest BCUT2D eigenvalue weighted by atomic mass is 10.1. The molecular weight excluding hydrogens is 509 g/mol. The molecule has 0 spiro atoms. The van der Waals surface area contributed by atoms with Crippen LogP contribution in [0.15, 0.2) is 54.6 Å². The quantitative estimate of drug-likeness (QED) is 0.412. The summed E-state index contributed by atoms with van der Waals surface area (Å²) in [5, 5.41) is 0. The Bertz CT molecular complexity index is 1240. The number of rotatable bonds is 6. The zero-order valence-corrected chi connectivity index (χ0v) is 22.5. The van der Waals surface area contributed by atoms with Gasteiger partial charge in [-0.1, -0.05) is 0 Å². The van der Waals surface area contributed by atoms with Crippen LogP contribution in [0.25, 0.3) is 0 Å². The van der Waals surface area contributed by atoms with Gasteiger partial charge in [0, 0.05) is 36.3 Å². The third kappa shape index (κ3) is 5.39. The fraction of sp³-hybridized carbons (Fsp3) is 0.333. The van der Waals surface area contributed by atoms with Gasteiger partial charge in [-0.25, -0.2) is 0 Å². The van der Waals surface area contributed by atoms with Crippen molar-refractivity contribution in [3.05, 3.63) is 71.3 Å². The Morgan fingerprint density at radius 3 is 1.21 bits per heavy atom. The number of nitrogens with zero attached hydrogens (tertiary/aromatic N) is 3. The molecule has 0 saturated heterocycles. The van der Waals surface area contributed by atoms with E-state index in [9.17, 15) is 4.57 Å². The summed E-state index contributed by atoms with van der Waals surface area (Å²) in [7, 11) is 1.68. The third-order valence-electron chi connectivity index (χ3n) is 6.39. The van der Waals surface area contributed by atoms with Crippen LogP contribution in [-0.4, -0.2) is 56.0 Å². The van der Waals surface area contributed by atoms with Gasteiger partial charge < -0.3 is 27.8 Å². The molecule has 0 aromatic heterocycles. The molecule has 0 N–H and O–H groups in total. The van der Waals surface area contributed by atoms with Crippen molar-refractivity contribution < 1.29 is 32.3 Å². The largest absolute Gasteiger partial charge is 0.647 e. The first-order valence-electron chi connectivity index (χ1n) is 12.3. The van der Waals surface area contributed by atoms with E-state index in [0.29, 0.717) is 57.1 Å². The molecule has 0 unspecified atom stereocenters. The first kappa shape index (κ1) is 24.9. The van der Waals surface area contributed by atoms with Crippen molar-refractivity contribution in [3.8, 4) is 34.5 Å². The smallest absolute Gasteiger partial charge is 0.478 e. The number of hydrogen-bond acceptors (Lipinski definition) is 10. The second-order valence-corrected chi connectivity index (χ2v) is 11.3. The molecule has 0 fully saturated rings. The number of phosphoric ester groups is 1. The van der Waals surface area contributed by atoms with Crippen molar-refractivity contribution in [3.63, 3.8) is 0 Å². The fourth-order valence-corrected chi connectivity index (χ4v) is 5.85. The summed E-state index contributed by atoms with van der Waals surface area (Å²) < 4.78 is 49.4. The van der Waals surface area contributed by atoms with E-state index in [1.165, 1.54) is 0 Å². The van der Waals surface area contributed by atoms with Gasteiger partial charge in [0.2, 0.25) is 0 Å². The Balaban J connectivity index is 1.31. The molecule has 3 aliphatic rings. The van der Waals surface area contributed by atoms with Gasteiger partial charge in [0.15, 0.2) is 0 Å². The molecule has 11 heteroatoms. The molecule has 10 nitrogen and oxygen atoms in total. The minimum Gasteiger partial charge on any atom is -0.478 e. The second-order valence-electron chi connectivity index (χ2n) is 9.89. The standard InChI is InChI=1S/C27H30N3O7P/c1-28-13-19-10-22(4-7-25(19)32-16-28)35-38(31,36-23-5-8-26-20(11-23)14-29(2)17-33-26)37-24-6-9-27-21(12-24)15-30(3)18-34-27/h4-12H,13-18H2,1-3H3. The third-order valence-corrected chi connectivity index (χ3v) is 7.69. The highest BCUT2D eigenvalue weighted by atomic mass is 31.2. The maximum absolute atomic E-state index is 14.2. The maximum Gasteiger partial charge on any atom is 0.647 e. The lowest BCUT2D eigenvalue weighted by Gasteiger charge is -2.27. The number of benzene rings is 3. The number of ether oxygens (including phenoxy) is 3. The molecule has 3 aromatic rings. The van der Waals surface area contributed by atoms with Gasteiger partial charge in [-0.2, -0.15) is 4.57 Å². The molecule has 0 bridgehead atoms. The summed E-state index contributed by atoms with van der Waals surface area (Å²) in [4.78, 5) is 6.07. The molecule has 0 atom stereocenters. The molecular formula is C27H30N3O7P. The van der Waals surface area contributed by atoms with Crippen LogP contribution in [-0.2, 0) is 24.2 Å². The highest BCUT2D eigenvalue weighted by molar-refractivity contribution is 7.49. The molecule has 0 saturated carbocycles. The van der Waals surface area contributed by atoms with Gasteiger partial charge >= 0.3 is 7.82 Å². The van der Waals surface area contributed by atoms with E-state index in [-0.39, 0.29) is 0 Å². The first-order chi connectivity index (χ1) is 18.3. The zero-order valence-electron chi connectivity index (χ0n) is 21.6. The van der Waals surface area contributed by atoms with Gasteiger partial charge in [0.1, 0.15) is 54.7 Å². The monoisotopic (exact) mass is 539 g/mol. The van der Waals surface area contributed by atoms with Crippen molar-refractivity contribution in [2.75, 3.05) is 41.3 Å². The van der Waals surface area contributed by atoms with Crippen molar-refractivity contribution >= 4 is 7.82 Å². The topological polar surface area (TPSA) is 82.2 Å². The molecule has 0 radical (unpaired) electrons. The predicted molar refractivity (Wildman–Crippen MR) is 140 cm³/mol. The summed E-state index contributed by atoms with van der Waals surface area (Å²) in [5.74, 6) is 3.37. The van der Waals surface area contributed by atoms with E-state index >= 15 is 0 Å². The molecule has 0 aliphatic carbocycles. The van der Waals surface area contributed by atoms with E-state index in [4.69, 9.17) is 27.8 Å². The number of hydrogen-bond donors (Lipinski definition) is 0. The molecule has 0 amide bonds. The van der Waals surface area contributed by atoms with Crippen LogP contribution in [0.1, 0.15) is 16.7 Å². The van der Waals surface area contributed by atoms with E-state index in [0.717, 1.165) is 33.9 Å². The van der Waals surface area contributed by atoms with Gasteiger partial charge in [-0.05, 0) is 75.7 Å².